The third-order valence-corrected chi connectivity index (χ3v) is 58.4. The molecule has 0 aliphatic carbocycles. The minimum absolute atomic E-state index is 1.31. The van der Waals surface area contributed by atoms with E-state index in [-0.39, 0.29) is 0 Å². The fraction of sp³-hybridized carbons (Fsp3) is 0.0769. The van der Waals surface area contributed by atoms with Gasteiger partial charge in [0.15, 0.2) is 0 Å². The third-order valence-electron chi connectivity index (χ3n) is 5.99. The van der Waals surface area contributed by atoms with Gasteiger partial charge in [-0.25, -0.2) is 0 Å². The van der Waals surface area contributed by atoms with E-state index in [1.807, 2.05) is 0 Å². The first-order valence-corrected chi connectivity index (χ1v) is 23.5. The van der Waals surface area contributed by atoms with Crippen LogP contribution in [-0.2, 0) is 12.5 Å². The molecule has 5 heteroatoms. The summed E-state index contributed by atoms with van der Waals surface area (Å²) in [6.07, 6.45) is 0. The molecule has 0 heterocycles. The van der Waals surface area contributed by atoms with Gasteiger partial charge in [-0.1, -0.05) is 0 Å². The maximum atomic E-state index is 7.93. The van der Waals surface area contributed by atoms with E-state index in [0.29, 0.717) is 0 Å². The molecule has 0 unspecified atom stereocenters. The van der Waals surface area contributed by atoms with E-state index in [4.69, 9.17) is 19.1 Å². The van der Waals surface area contributed by atoms with Gasteiger partial charge in [0.2, 0.25) is 0 Å². The molecule has 0 amide bonds. The van der Waals surface area contributed by atoms with Gasteiger partial charge >= 0.3 is 198 Å². The zero-order valence-corrected chi connectivity index (χ0v) is 22.7. The molecule has 0 radical (unpaired) electrons. The van der Waals surface area contributed by atoms with Crippen LogP contribution in [0.4, 0.5) is 0 Å². The molecule has 0 aromatic heterocycles. The van der Waals surface area contributed by atoms with E-state index in [2.05, 4.69) is 135 Å². The maximum absolute atomic E-state index is 7.93. The van der Waals surface area contributed by atoms with Gasteiger partial charge in [-0.2, -0.15) is 0 Å². The van der Waals surface area contributed by atoms with Gasteiger partial charge in [-0.3, -0.25) is 0 Å². The molecule has 0 aliphatic rings. The van der Waals surface area contributed by atoms with Crippen LogP contribution >= 0.6 is 30.0 Å². The molecular weight excluding hydrogens is 552 g/mol. The Labute approximate surface area is 197 Å². The van der Waals surface area contributed by atoms with Crippen LogP contribution in [0.1, 0.15) is 0 Å². The average molecular weight is 580 g/mol. The van der Waals surface area contributed by atoms with Crippen LogP contribution in [0, 0.1) is 0 Å². The Morgan fingerprint density at radius 2 is 0.613 bits per heavy atom. The first-order chi connectivity index (χ1) is 14.9. The Morgan fingerprint density at radius 1 is 0.419 bits per heavy atom. The van der Waals surface area contributed by atoms with Crippen LogP contribution in [-0.4, -0.2) is 13.3 Å². The van der Waals surface area contributed by atoms with Crippen molar-refractivity contribution in [3.05, 3.63) is 121 Å². The average Bonchev–Trinajstić information content (AvgIpc) is 2.85. The Balaban J connectivity index is 2.05. The molecule has 4 aromatic rings. The van der Waals surface area contributed by atoms with Crippen LogP contribution in [0.2, 0.25) is 0 Å². The third kappa shape index (κ3) is 3.96. The Hall–Kier alpha value is -1.02. The summed E-state index contributed by atoms with van der Waals surface area (Å²) in [6, 6.07) is 43.1. The minimum atomic E-state index is -3.11. The van der Waals surface area contributed by atoms with Crippen molar-refractivity contribution in [1.29, 1.82) is 0 Å². The van der Waals surface area contributed by atoms with Crippen molar-refractivity contribution >= 4 is 51.2 Å². The van der Waals surface area contributed by atoms with Crippen molar-refractivity contribution in [2.45, 2.75) is 0 Å². The standard InChI is InChI=1S/2C13H13P.2ClH.Pd/c2*1-14(12-8-4-2-5-9-12)13-10-6-3-7-11-13;;;/h2*2-11H,1H3;2*1H;. The number of rotatable bonds is 6. The molecule has 0 nitrogen and oxygen atoms in total. The number of halogens is 2. The summed E-state index contributed by atoms with van der Waals surface area (Å²) in [6.45, 7) is 4.79. The van der Waals surface area contributed by atoms with Gasteiger partial charge in [0.25, 0.3) is 0 Å². The van der Waals surface area contributed by atoms with Crippen molar-refractivity contribution < 1.29 is 12.5 Å². The molecule has 0 saturated heterocycles. The molecular formula is C26H28Cl2P2Pd. The summed E-state index contributed by atoms with van der Waals surface area (Å²) in [5, 5.41) is 5.25. The molecule has 0 spiro atoms. The second-order valence-electron chi connectivity index (χ2n) is 7.71. The zero-order valence-electron chi connectivity index (χ0n) is 17.6. The van der Waals surface area contributed by atoms with Crippen LogP contribution in [0.5, 0.6) is 0 Å². The fourth-order valence-electron chi connectivity index (χ4n) is 4.07. The first kappa shape index (κ1) is 23.2. The molecule has 0 aliphatic heterocycles. The van der Waals surface area contributed by atoms with Crippen LogP contribution in [0.3, 0.4) is 0 Å². The van der Waals surface area contributed by atoms with Gasteiger partial charge in [-0.05, 0) is 0 Å². The molecule has 0 atom stereocenters. The molecule has 4 rings (SSSR count). The van der Waals surface area contributed by atoms with E-state index in [1.165, 1.54) is 21.2 Å². The molecule has 4 aromatic carbocycles. The summed E-state index contributed by atoms with van der Waals surface area (Å²) in [7, 11) is 15.9. The molecule has 0 N–H and O–H groups in total. The van der Waals surface area contributed by atoms with E-state index >= 15 is 0 Å². The van der Waals surface area contributed by atoms with Gasteiger partial charge in [0.05, 0.1) is 0 Å². The number of hydrogen-bond donors (Lipinski definition) is 0. The van der Waals surface area contributed by atoms with Gasteiger partial charge in [-0.15, -0.1) is 0 Å². The SMILES string of the molecule is C[PH](c1ccccc1)(c1ccccc1)[Pd]([Cl])([Cl])[PH](C)(c1ccccc1)c1ccccc1. The molecule has 31 heavy (non-hydrogen) atoms. The predicted molar refractivity (Wildman–Crippen MR) is 144 cm³/mol. The van der Waals surface area contributed by atoms with Crippen LogP contribution in [0.15, 0.2) is 121 Å². The van der Waals surface area contributed by atoms with E-state index in [1.54, 1.807) is 0 Å². The zero-order chi connectivity index (χ0) is 22.0. The number of hydrogen-bond acceptors (Lipinski definition) is 0. The van der Waals surface area contributed by atoms with Crippen molar-refractivity contribution in [3.63, 3.8) is 0 Å². The van der Waals surface area contributed by atoms with Crippen LogP contribution in [0.25, 0.3) is 0 Å². The predicted octanol–water partition coefficient (Wildman–Crippen LogP) is 6.34. The molecule has 0 fully saturated rings. The second-order valence-corrected chi connectivity index (χ2v) is 42.1. The summed E-state index contributed by atoms with van der Waals surface area (Å²) in [5.41, 5.74) is -4.98. The van der Waals surface area contributed by atoms with E-state index in [9.17, 15) is 0 Å². The first-order valence-electron chi connectivity index (χ1n) is 10.2. The van der Waals surface area contributed by atoms with Crippen molar-refractivity contribution in [3.8, 4) is 0 Å². The van der Waals surface area contributed by atoms with E-state index < -0.39 is 23.4 Å². The van der Waals surface area contributed by atoms with E-state index in [0.717, 1.165) is 0 Å². The molecule has 0 saturated carbocycles. The molecule has 166 valence electrons. The van der Waals surface area contributed by atoms with Gasteiger partial charge in [0.1, 0.15) is 0 Å². The summed E-state index contributed by atoms with van der Waals surface area (Å²) in [4.78, 5) is 0. The number of benzene rings is 4. The Morgan fingerprint density at radius 3 is 0.806 bits per heavy atom. The summed E-state index contributed by atoms with van der Waals surface area (Å²) >= 11 is -3.11. The van der Waals surface area contributed by atoms with Crippen molar-refractivity contribution in [2.75, 3.05) is 13.3 Å². The van der Waals surface area contributed by atoms with Crippen molar-refractivity contribution in [2.24, 2.45) is 0 Å². The Kier molecular flexibility index (Phi) is 7.06. The topological polar surface area (TPSA) is 0 Å². The van der Waals surface area contributed by atoms with Gasteiger partial charge in [0, 0.05) is 0 Å². The van der Waals surface area contributed by atoms with Crippen LogP contribution < -0.4 is 21.2 Å². The van der Waals surface area contributed by atoms with Crippen molar-refractivity contribution in [1.82, 2.24) is 0 Å². The fourth-order valence-corrected chi connectivity index (χ4v) is 51.5. The quantitative estimate of drug-likeness (QED) is 0.185. The summed E-state index contributed by atoms with van der Waals surface area (Å²) in [5.74, 6) is 0. The normalized spacial score (nSPS) is 14.1. The monoisotopic (exact) mass is 578 g/mol. The second kappa shape index (κ2) is 9.46. The Bertz CT molecular complexity index is 951. The van der Waals surface area contributed by atoms with Gasteiger partial charge < -0.3 is 0 Å². The summed E-state index contributed by atoms with van der Waals surface area (Å²) < 4.78 is 0. The molecule has 0 bridgehead atoms.